The van der Waals surface area contributed by atoms with E-state index in [1.807, 2.05) is 0 Å². The first-order chi connectivity index (χ1) is 4.83. The minimum Gasteiger partial charge on any atom is -0.350 e. The van der Waals surface area contributed by atoms with E-state index < -0.39 is 0 Å². The molecule has 0 atom stereocenters. The van der Waals surface area contributed by atoms with E-state index >= 15 is 0 Å². The number of rotatable bonds is 2. The van der Waals surface area contributed by atoms with Crippen LogP contribution in [-0.2, 0) is 9.47 Å². The summed E-state index contributed by atoms with van der Waals surface area (Å²) in [5.74, 6) is -0.238. The molecule has 0 aromatic carbocycles. The Bertz CT molecular complexity index is 90.0. The average molecular weight is 176 g/mol. The molecule has 0 aromatic rings. The van der Waals surface area contributed by atoms with Gasteiger partial charge in [0.05, 0.1) is 13.2 Å². The van der Waals surface area contributed by atoms with Gasteiger partial charge in [-0.05, 0) is 19.3 Å². The molecule has 1 aliphatic rings. The van der Waals surface area contributed by atoms with E-state index in [1.54, 1.807) is 0 Å². The van der Waals surface area contributed by atoms with Crippen molar-refractivity contribution in [2.75, 3.05) is 13.2 Å². The molecule has 0 N–H and O–H groups in total. The fourth-order valence-corrected chi connectivity index (χ4v) is 1.28. The van der Waals surface area contributed by atoms with Gasteiger partial charge in [-0.25, -0.2) is 0 Å². The molecule has 0 spiro atoms. The van der Waals surface area contributed by atoms with Gasteiger partial charge < -0.3 is 9.47 Å². The van der Waals surface area contributed by atoms with Gasteiger partial charge in [0.1, 0.15) is 0 Å². The van der Waals surface area contributed by atoms with Crippen LogP contribution in [0.1, 0.15) is 48.0 Å². The van der Waals surface area contributed by atoms with Gasteiger partial charge in [0.2, 0.25) is 0 Å². The van der Waals surface area contributed by atoms with Crippen molar-refractivity contribution in [1.29, 1.82) is 0 Å². The summed E-state index contributed by atoms with van der Waals surface area (Å²) in [5.41, 5.74) is 0. The molecule has 2 nitrogen and oxygen atoms in total. The highest BCUT2D eigenvalue weighted by Gasteiger charge is 2.29. The molecule has 2 heteroatoms. The van der Waals surface area contributed by atoms with Crippen molar-refractivity contribution in [3.63, 3.8) is 0 Å². The molecule has 1 aliphatic heterocycles. The van der Waals surface area contributed by atoms with E-state index in [-0.39, 0.29) is 20.6 Å². The maximum absolute atomic E-state index is 5.54. The van der Waals surface area contributed by atoms with E-state index in [4.69, 9.17) is 9.47 Å². The van der Waals surface area contributed by atoms with Crippen LogP contribution in [0.25, 0.3) is 0 Å². The number of hydrogen-bond acceptors (Lipinski definition) is 2. The van der Waals surface area contributed by atoms with E-state index in [2.05, 4.69) is 13.8 Å². The Morgan fingerprint density at radius 1 is 1.00 bits per heavy atom. The quantitative estimate of drug-likeness (QED) is 0.643. The van der Waals surface area contributed by atoms with Gasteiger partial charge >= 0.3 is 0 Å². The molecule has 1 heterocycles. The summed E-state index contributed by atoms with van der Waals surface area (Å²) in [6.45, 7) is 5.94. The van der Waals surface area contributed by atoms with Gasteiger partial charge in [0.25, 0.3) is 0 Å². The van der Waals surface area contributed by atoms with E-state index in [0.717, 1.165) is 32.5 Å². The lowest BCUT2D eigenvalue weighted by Gasteiger charge is -2.35. The summed E-state index contributed by atoms with van der Waals surface area (Å²) < 4.78 is 11.1. The van der Waals surface area contributed by atoms with Crippen LogP contribution >= 0.6 is 0 Å². The van der Waals surface area contributed by atoms with Crippen LogP contribution in [0.3, 0.4) is 0 Å². The zero-order valence-electron chi connectivity index (χ0n) is 6.85. The smallest absolute Gasteiger partial charge is 0.167 e. The van der Waals surface area contributed by atoms with Crippen molar-refractivity contribution in [2.24, 2.45) is 0 Å². The molecule has 0 radical (unpaired) electrons. The van der Waals surface area contributed by atoms with Crippen molar-refractivity contribution in [3.05, 3.63) is 0 Å². The monoisotopic (exact) mass is 176 g/mol. The summed E-state index contributed by atoms with van der Waals surface area (Å²) in [5, 5.41) is 0. The third-order valence-electron chi connectivity index (χ3n) is 2.10. The second-order valence-electron chi connectivity index (χ2n) is 2.67. The van der Waals surface area contributed by atoms with Gasteiger partial charge in [-0.3, -0.25) is 0 Å². The topological polar surface area (TPSA) is 18.5 Å². The SMILES string of the molecule is C.C.CCC1(CC)OCCCO1. The third kappa shape index (κ3) is 3.11. The lowest BCUT2D eigenvalue weighted by atomic mass is 10.1. The summed E-state index contributed by atoms with van der Waals surface area (Å²) >= 11 is 0. The number of ether oxygens (including phenoxy) is 2. The second-order valence-corrected chi connectivity index (χ2v) is 2.67. The fraction of sp³-hybridized carbons (Fsp3) is 1.00. The van der Waals surface area contributed by atoms with E-state index in [1.165, 1.54) is 0 Å². The summed E-state index contributed by atoms with van der Waals surface area (Å²) in [4.78, 5) is 0. The molecular formula is C10H24O2. The molecule has 1 saturated heterocycles. The Morgan fingerprint density at radius 2 is 1.42 bits per heavy atom. The van der Waals surface area contributed by atoms with Crippen molar-refractivity contribution in [2.45, 2.75) is 53.8 Å². The summed E-state index contributed by atoms with van der Waals surface area (Å²) in [6.07, 6.45) is 2.97. The van der Waals surface area contributed by atoms with Crippen LogP contribution in [0.4, 0.5) is 0 Å². The predicted molar refractivity (Wildman–Crippen MR) is 53.3 cm³/mol. The maximum Gasteiger partial charge on any atom is 0.167 e. The Morgan fingerprint density at radius 3 is 1.67 bits per heavy atom. The molecule has 0 aromatic heterocycles. The van der Waals surface area contributed by atoms with Crippen molar-refractivity contribution in [1.82, 2.24) is 0 Å². The summed E-state index contributed by atoms with van der Waals surface area (Å²) in [6, 6.07) is 0. The molecule has 0 saturated carbocycles. The third-order valence-corrected chi connectivity index (χ3v) is 2.10. The first-order valence-electron chi connectivity index (χ1n) is 4.11. The van der Waals surface area contributed by atoms with Crippen molar-refractivity contribution in [3.8, 4) is 0 Å². The van der Waals surface area contributed by atoms with Crippen LogP contribution in [0, 0.1) is 0 Å². The Hall–Kier alpha value is -0.0800. The second kappa shape index (κ2) is 6.44. The highest BCUT2D eigenvalue weighted by molar-refractivity contribution is 4.68. The van der Waals surface area contributed by atoms with Crippen molar-refractivity contribution < 1.29 is 9.47 Å². The fourth-order valence-electron chi connectivity index (χ4n) is 1.28. The van der Waals surface area contributed by atoms with Crippen LogP contribution in [0.2, 0.25) is 0 Å². The zero-order chi connectivity index (χ0) is 7.45. The van der Waals surface area contributed by atoms with Gasteiger partial charge in [0, 0.05) is 0 Å². The predicted octanol–water partition coefficient (Wildman–Crippen LogP) is 3.21. The lowest BCUT2D eigenvalue weighted by molar-refractivity contribution is -0.269. The molecular weight excluding hydrogens is 152 g/mol. The highest BCUT2D eigenvalue weighted by atomic mass is 16.7. The van der Waals surface area contributed by atoms with Gasteiger partial charge in [-0.2, -0.15) is 0 Å². The number of hydrogen-bond donors (Lipinski definition) is 0. The first kappa shape index (κ1) is 14.4. The van der Waals surface area contributed by atoms with Crippen molar-refractivity contribution >= 4 is 0 Å². The molecule has 1 fully saturated rings. The van der Waals surface area contributed by atoms with Crippen LogP contribution in [0.5, 0.6) is 0 Å². The normalized spacial score (nSPS) is 20.5. The Kier molecular flexibility index (Phi) is 7.75. The standard InChI is InChI=1S/C8H16O2.2CH4/c1-3-8(4-2)9-6-5-7-10-8;;/h3-7H2,1-2H3;2*1H4. The Balaban J connectivity index is 0. The van der Waals surface area contributed by atoms with Crippen LogP contribution in [-0.4, -0.2) is 19.0 Å². The zero-order valence-corrected chi connectivity index (χ0v) is 6.85. The minimum absolute atomic E-state index is 0. The molecule has 76 valence electrons. The van der Waals surface area contributed by atoms with Gasteiger partial charge in [-0.1, -0.05) is 28.7 Å². The average Bonchev–Trinajstić information content (AvgIpc) is 2.06. The van der Waals surface area contributed by atoms with Crippen LogP contribution < -0.4 is 0 Å². The first-order valence-corrected chi connectivity index (χ1v) is 4.11. The summed E-state index contributed by atoms with van der Waals surface area (Å²) in [7, 11) is 0. The minimum atomic E-state index is -0.238. The molecule has 0 unspecified atom stereocenters. The van der Waals surface area contributed by atoms with E-state index in [0.29, 0.717) is 0 Å². The molecule has 0 aliphatic carbocycles. The molecule has 12 heavy (non-hydrogen) atoms. The molecule has 0 bridgehead atoms. The largest absolute Gasteiger partial charge is 0.350 e. The highest BCUT2D eigenvalue weighted by Crippen LogP contribution is 2.25. The van der Waals surface area contributed by atoms with E-state index in [9.17, 15) is 0 Å². The van der Waals surface area contributed by atoms with Crippen LogP contribution in [0.15, 0.2) is 0 Å². The lowest BCUT2D eigenvalue weighted by Crippen LogP contribution is -2.39. The molecule has 1 rings (SSSR count). The van der Waals surface area contributed by atoms with Gasteiger partial charge in [0.15, 0.2) is 5.79 Å². The Labute approximate surface area is 77.3 Å². The molecule has 0 amide bonds. The van der Waals surface area contributed by atoms with Gasteiger partial charge in [-0.15, -0.1) is 0 Å². The maximum atomic E-state index is 5.54.